The molecule has 2 fully saturated rings. The highest BCUT2D eigenvalue weighted by molar-refractivity contribution is 5.78. The summed E-state index contributed by atoms with van der Waals surface area (Å²) >= 11 is 0. The first-order valence-electron chi connectivity index (χ1n) is 10.9. The fourth-order valence-corrected chi connectivity index (χ4v) is 4.78. The van der Waals surface area contributed by atoms with Crippen LogP contribution in [0.5, 0.6) is 0 Å². The third-order valence-corrected chi connectivity index (χ3v) is 6.49. The van der Waals surface area contributed by atoms with E-state index < -0.39 is 0 Å². The number of carbonyl (C=O) groups is 2. The molecule has 2 aliphatic heterocycles. The SMILES string of the molecule is Cc1ccc(CCC(=O)N2CC[C@@H]3[C@@H](CCC(=O)N3Cc3cccc(F)c3)C2)cc1. The third-order valence-electron chi connectivity index (χ3n) is 6.49. The summed E-state index contributed by atoms with van der Waals surface area (Å²) < 4.78 is 13.6. The highest BCUT2D eigenvalue weighted by Gasteiger charge is 2.40. The summed E-state index contributed by atoms with van der Waals surface area (Å²) in [6, 6.07) is 14.9. The van der Waals surface area contributed by atoms with Gasteiger partial charge in [-0.15, -0.1) is 0 Å². The van der Waals surface area contributed by atoms with Gasteiger partial charge in [-0.25, -0.2) is 4.39 Å². The fraction of sp³-hybridized carbons (Fsp3) is 0.440. The molecule has 0 radical (unpaired) electrons. The first-order valence-corrected chi connectivity index (χ1v) is 10.9. The minimum absolute atomic E-state index is 0.135. The van der Waals surface area contributed by atoms with Gasteiger partial charge < -0.3 is 9.80 Å². The number of benzene rings is 2. The summed E-state index contributed by atoms with van der Waals surface area (Å²) in [4.78, 5) is 29.3. The van der Waals surface area contributed by atoms with Crippen LogP contribution in [0, 0.1) is 18.7 Å². The van der Waals surface area contributed by atoms with Crippen LogP contribution in [0.2, 0.25) is 0 Å². The van der Waals surface area contributed by atoms with E-state index in [1.165, 1.54) is 23.3 Å². The zero-order valence-electron chi connectivity index (χ0n) is 17.5. The first kappa shape index (κ1) is 20.6. The number of rotatable bonds is 5. The number of hydrogen-bond donors (Lipinski definition) is 0. The Morgan fingerprint density at radius 2 is 1.90 bits per heavy atom. The van der Waals surface area contributed by atoms with E-state index >= 15 is 0 Å². The number of aryl methyl sites for hydroxylation is 2. The maximum Gasteiger partial charge on any atom is 0.223 e. The first-order chi connectivity index (χ1) is 14.5. The molecule has 0 saturated carbocycles. The molecule has 2 aromatic rings. The predicted octanol–water partition coefficient (Wildman–Crippen LogP) is 4.11. The summed E-state index contributed by atoms with van der Waals surface area (Å²) in [6.07, 6.45) is 3.40. The van der Waals surface area contributed by atoms with E-state index in [2.05, 4.69) is 31.2 Å². The Kier molecular flexibility index (Phi) is 6.16. The average Bonchev–Trinajstić information content (AvgIpc) is 2.75. The number of likely N-dealkylation sites (tertiary alicyclic amines) is 2. The van der Waals surface area contributed by atoms with Gasteiger partial charge in [0.25, 0.3) is 0 Å². The molecule has 2 atom stereocenters. The molecule has 2 amide bonds. The number of halogens is 1. The van der Waals surface area contributed by atoms with Gasteiger partial charge >= 0.3 is 0 Å². The maximum absolute atomic E-state index is 13.6. The topological polar surface area (TPSA) is 40.6 Å². The maximum atomic E-state index is 13.6. The number of hydrogen-bond acceptors (Lipinski definition) is 2. The van der Waals surface area contributed by atoms with E-state index in [-0.39, 0.29) is 23.7 Å². The Labute approximate surface area is 177 Å². The van der Waals surface area contributed by atoms with Crippen LogP contribution in [0.3, 0.4) is 0 Å². The number of fused-ring (bicyclic) bond motifs is 1. The van der Waals surface area contributed by atoms with Crippen molar-refractivity contribution in [2.24, 2.45) is 5.92 Å². The number of amides is 2. The molecule has 158 valence electrons. The van der Waals surface area contributed by atoms with E-state index in [1.54, 1.807) is 6.07 Å². The third kappa shape index (κ3) is 4.72. The predicted molar refractivity (Wildman–Crippen MR) is 114 cm³/mol. The molecule has 0 unspecified atom stereocenters. The van der Waals surface area contributed by atoms with E-state index in [9.17, 15) is 14.0 Å². The lowest BCUT2D eigenvalue weighted by molar-refractivity contribution is -0.145. The second-order valence-electron chi connectivity index (χ2n) is 8.63. The number of nitrogens with zero attached hydrogens (tertiary/aromatic N) is 2. The van der Waals surface area contributed by atoms with Crippen LogP contribution in [0.4, 0.5) is 4.39 Å². The minimum atomic E-state index is -0.275. The lowest BCUT2D eigenvalue weighted by atomic mass is 9.83. The Morgan fingerprint density at radius 1 is 1.10 bits per heavy atom. The van der Waals surface area contributed by atoms with Gasteiger partial charge in [-0.3, -0.25) is 9.59 Å². The van der Waals surface area contributed by atoms with E-state index in [0.717, 1.165) is 24.8 Å². The molecule has 4 rings (SSSR count). The second kappa shape index (κ2) is 8.99. The molecule has 30 heavy (non-hydrogen) atoms. The Balaban J connectivity index is 1.36. The van der Waals surface area contributed by atoms with Gasteiger partial charge in [-0.05, 0) is 55.4 Å². The summed E-state index contributed by atoms with van der Waals surface area (Å²) in [5.41, 5.74) is 3.23. The average molecular weight is 409 g/mol. The van der Waals surface area contributed by atoms with Gasteiger partial charge in [0.2, 0.25) is 11.8 Å². The molecule has 0 bridgehead atoms. The van der Waals surface area contributed by atoms with E-state index in [4.69, 9.17) is 0 Å². The standard InChI is InChI=1S/C25H29FN2O2/c1-18-5-7-19(8-6-18)9-11-24(29)27-14-13-23-21(17-27)10-12-25(30)28(23)16-20-3-2-4-22(26)15-20/h2-8,15,21,23H,9-14,16-17H2,1H3/t21-,23+/m0/s1. The highest BCUT2D eigenvalue weighted by Crippen LogP contribution is 2.32. The second-order valence-corrected chi connectivity index (χ2v) is 8.63. The Morgan fingerprint density at radius 3 is 2.67 bits per heavy atom. The van der Waals surface area contributed by atoms with Gasteiger partial charge in [0.15, 0.2) is 0 Å². The Bertz CT molecular complexity index is 912. The van der Waals surface area contributed by atoms with Crippen molar-refractivity contribution in [3.05, 3.63) is 71.0 Å². The molecular formula is C25H29FN2O2. The van der Waals surface area contributed by atoms with Gasteiger partial charge in [0.05, 0.1) is 0 Å². The zero-order valence-corrected chi connectivity index (χ0v) is 17.5. The van der Waals surface area contributed by atoms with Gasteiger partial charge in [0.1, 0.15) is 5.82 Å². The summed E-state index contributed by atoms with van der Waals surface area (Å²) in [5.74, 6) is 0.359. The van der Waals surface area contributed by atoms with Gasteiger partial charge in [-0.1, -0.05) is 42.0 Å². The van der Waals surface area contributed by atoms with Crippen LogP contribution < -0.4 is 0 Å². The van der Waals surface area contributed by atoms with Crippen LogP contribution in [-0.2, 0) is 22.6 Å². The van der Waals surface area contributed by atoms with Crippen molar-refractivity contribution in [2.75, 3.05) is 13.1 Å². The van der Waals surface area contributed by atoms with Crippen LogP contribution in [-0.4, -0.2) is 40.7 Å². The number of carbonyl (C=O) groups excluding carboxylic acids is 2. The highest BCUT2D eigenvalue weighted by atomic mass is 19.1. The van der Waals surface area contributed by atoms with Crippen LogP contribution in [0.25, 0.3) is 0 Å². The van der Waals surface area contributed by atoms with Crippen molar-refractivity contribution < 1.29 is 14.0 Å². The van der Waals surface area contributed by atoms with Crippen LogP contribution in [0.1, 0.15) is 42.4 Å². The quantitative estimate of drug-likeness (QED) is 0.747. The summed E-state index contributed by atoms with van der Waals surface area (Å²) in [6.45, 7) is 3.90. The van der Waals surface area contributed by atoms with Crippen molar-refractivity contribution in [2.45, 2.75) is 51.6 Å². The molecule has 0 spiro atoms. The lowest BCUT2D eigenvalue weighted by Gasteiger charge is -2.47. The molecule has 2 aromatic carbocycles. The lowest BCUT2D eigenvalue weighted by Crippen LogP contribution is -2.56. The summed E-state index contributed by atoms with van der Waals surface area (Å²) in [5, 5.41) is 0. The molecule has 0 N–H and O–H groups in total. The molecule has 2 saturated heterocycles. The summed E-state index contributed by atoms with van der Waals surface area (Å²) in [7, 11) is 0. The molecule has 0 aromatic heterocycles. The fourth-order valence-electron chi connectivity index (χ4n) is 4.78. The smallest absolute Gasteiger partial charge is 0.223 e. The monoisotopic (exact) mass is 408 g/mol. The van der Waals surface area contributed by atoms with Crippen molar-refractivity contribution in [3.63, 3.8) is 0 Å². The normalized spacial score (nSPS) is 21.5. The van der Waals surface area contributed by atoms with Crippen LogP contribution >= 0.6 is 0 Å². The Hall–Kier alpha value is -2.69. The van der Waals surface area contributed by atoms with Gasteiger partial charge in [-0.2, -0.15) is 0 Å². The largest absolute Gasteiger partial charge is 0.342 e. The molecular weight excluding hydrogens is 379 g/mol. The van der Waals surface area contributed by atoms with Gasteiger partial charge in [0, 0.05) is 38.5 Å². The van der Waals surface area contributed by atoms with Crippen molar-refractivity contribution in [1.29, 1.82) is 0 Å². The van der Waals surface area contributed by atoms with Crippen molar-refractivity contribution in [1.82, 2.24) is 9.80 Å². The van der Waals surface area contributed by atoms with Crippen molar-refractivity contribution in [3.8, 4) is 0 Å². The molecule has 0 aliphatic carbocycles. The van der Waals surface area contributed by atoms with Crippen molar-refractivity contribution >= 4 is 11.8 Å². The molecule has 2 aliphatic rings. The molecule has 4 nitrogen and oxygen atoms in total. The van der Waals surface area contributed by atoms with E-state index in [0.29, 0.717) is 38.4 Å². The van der Waals surface area contributed by atoms with E-state index in [1.807, 2.05) is 15.9 Å². The molecule has 2 heterocycles. The minimum Gasteiger partial charge on any atom is -0.342 e. The van der Waals surface area contributed by atoms with Crippen LogP contribution in [0.15, 0.2) is 48.5 Å². The number of piperidine rings is 2. The zero-order chi connectivity index (χ0) is 21.1. The molecule has 5 heteroatoms.